The van der Waals surface area contributed by atoms with Crippen molar-refractivity contribution in [1.29, 1.82) is 0 Å². The topological polar surface area (TPSA) is 46.3 Å². The van der Waals surface area contributed by atoms with Crippen molar-refractivity contribution >= 4 is 17.2 Å². The SMILES string of the molecule is CN(Cc1ccc(F)cc1)C(=O)c1cc(-c2cccs2)on1. The fourth-order valence-corrected chi connectivity index (χ4v) is 2.72. The van der Waals surface area contributed by atoms with Gasteiger partial charge >= 0.3 is 0 Å². The number of rotatable bonds is 4. The van der Waals surface area contributed by atoms with E-state index in [0.717, 1.165) is 10.4 Å². The van der Waals surface area contributed by atoms with Gasteiger partial charge in [0.2, 0.25) is 0 Å². The Morgan fingerprint density at radius 1 is 1.32 bits per heavy atom. The second-order valence-corrected chi connectivity index (χ2v) is 5.79. The van der Waals surface area contributed by atoms with Crippen molar-refractivity contribution < 1.29 is 13.7 Å². The second kappa shape index (κ2) is 6.11. The third-order valence-corrected chi connectivity index (χ3v) is 4.06. The third-order valence-electron chi connectivity index (χ3n) is 3.17. The predicted octanol–water partition coefficient (Wildman–Crippen LogP) is 3.81. The average molecular weight is 316 g/mol. The average Bonchev–Trinajstić information content (AvgIpc) is 3.19. The normalized spacial score (nSPS) is 10.6. The van der Waals surface area contributed by atoms with E-state index >= 15 is 0 Å². The summed E-state index contributed by atoms with van der Waals surface area (Å²) in [5.41, 5.74) is 1.10. The van der Waals surface area contributed by atoms with Crippen LogP contribution in [-0.2, 0) is 6.54 Å². The first kappa shape index (κ1) is 14.5. The Morgan fingerprint density at radius 2 is 2.09 bits per heavy atom. The number of aromatic nitrogens is 1. The van der Waals surface area contributed by atoms with Gasteiger partial charge in [0.05, 0.1) is 4.88 Å². The smallest absolute Gasteiger partial charge is 0.276 e. The van der Waals surface area contributed by atoms with E-state index in [4.69, 9.17) is 4.52 Å². The van der Waals surface area contributed by atoms with Crippen molar-refractivity contribution in [3.8, 4) is 10.6 Å². The molecule has 0 bridgehead atoms. The van der Waals surface area contributed by atoms with Gasteiger partial charge in [-0.25, -0.2) is 4.39 Å². The summed E-state index contributed by atoms with van der Waals surface area (Å²) in [6.45, 7) is 0.375. The zero-order chi connectivity index (χ0) is 15.5. The number of amides is 1. The fourth-order valence-electron chi connectivity index (χ4n) is 2.04. The van der Waals surface area contributed by atoms with Gasteiger partial charge in [0.15, 0.2) is 11.5 Å². The minimum atomic E-state index is -0.296. The van der Waals surface area contributed by atoms with Gasteiger partial charge in [-0.05, 0) is 29.1 Å². The van der Waals surface area contributed by atoms with E-state index < -0.39 is 0 Å². The molecule has 0 radical (unpaired) electrons. The summed E-state index contributed by atoms with van der Waals surface area (Å²) in [6.07, 6.45) is 0. The van der Waals surface area contributed by atoms with E-state index in [1.165, 1.54) is 28.4 Å². The van der Waals surface area contributed by atoms with E-state index in [0.29, 0.717) is 12.3 Å². The number of benzene rings is 1. The third kappa shape index (κ3) is 3.07. The molecule has 3 aromatic rings. The molecule has 6 heteroatoms. The van der Waals surface area contributed by atoms with Crippen LogP contribution in [0.4, 0.5) is 4.39 Å². The molecular weight excluding hydrogens is 303 g/mol. The number of carbonyl (C=O) groups excluding carboxylic acids is 1. The molecule has 0 saturated heterocycles. The molecule has 0 N–H and O–H groups in total. The van der Waals surface area contributed by atoms with Gasteiger partial charge in [0.1, 0.15) is 5.82 Å². The monoisotopic (exact) mass is 316 g/mol. The van der Waals surface area contributed by atoms with Crippen LogP contribution in [0.5, 0.6) is 0 Å². The lowest BCUT2D eigenvalue weighted by Crippen LogP contribution is -2.26. The standard InChI is InChI=1S/C16H13FN2O2S/c1-19(10-11-4-6-12(17)7-5-11)16(20)13-9-14(21-18-13)15-3-2-8-22-15/h2-9H,10H2,1H3. The van der Waals surface area contributed by atoms with Crippen LogP contribution in [0.15, 0.2) is 52.4 Å². The zero-order valence-electron chi connectivity index (χ0n) is 11.8. The summed E-state index contributed by atoms with van der Waals surface area (Å²) in [6, 6.07) is 11.5. The molecule has 112 valence electrons. The zero-order valence-corrected chi connectivity index (χ0v) is 12.6. The summed E-state index contributed by atoms with van der Waals surface area (Å²) in [4.78, 5) is 14.8. The van der Waals surface area contributed by atoms with Gasteiger partial charge in [0, 0.05) is 19.7 Å². The number of halogens is 1. The van der Waals surface area contributed by atoms with Crippen molar-refractivity contribution in [3.63, 3.8) is 0 Å². The first-order valence-electron chi connectivity index (χ1n) is 6.64. The Balaban J connectivity index is 1.72. The van der Waals surface area contributed by atoms with Crippen molar-refractivity contribution in [1.82, 2.24) is 10.1 Å². The van der Waals surface area contributed by atoms with Crippen LogP contribution < -0.4 is 0 Å². The Kier molecular flexibility index (Phi) is 4.02. The maximum absolute atomic E-state index is 12.9. The molecular formula is C16H13FN2O2S. The molecule has 0 spiro atoms. The second-order valence-electron chi connectivity index (χ2n) is 4.84. The first-order chi connectivity index (χ1) is 10.6. The number of nitrogens with zero attached hydrogens (tertiary/aromatic N) is 2. The molecule has 0 unspecified atom stereocenters. The minimum absolute atomic E-state index is 0.240. The first-order valence-corrected chi connectivity index (χ1v) is 7.52. The fraction of sp³-hybridized carbons (Fsp3) is 0.125. The maximum atomic E-state index is 12.9. The van der Waals surface area contributed by atoms with Crippen LogP contribution in [0.25, 0.3) is 10.6 Å². The number of thiophene rings is 1. The molecule has 4 nitrogen and oxygen atoms in total. The summed E-state index contributed by atoms with van der Waals surface area (Å²) in [7, 11) is 1.67. The van der Waals surface area contributed by atoms with Crippen molar-refractivity contribution in [2.75, 3.05) is 7.05 Å². The molecule has 2 aromatic heterocycles. The van der Waals surface area contributed by atoms with Crippen LogP contribution in [0.3, 0.4) is 0 Å². The highest BCUT2D eigenvalue weighted by molar-refractivity contribution is 7.13. The van der Waals surface area contributed by atoms with Crippen molar-refractivity contribution in [2.45, 2.75) is 6.54 Å². The molecule has 22 heavy (non-hydrogen) atoms. The molecule has 1 amide bonds. The maximum Gasteiger partial charge on any atom is 0.276 e. The van der Waals surface area contributed by atoms with Gasteiger partial charge in [-0.2, -0.15) is 0 Å². The van der Waals surface area contributed by atoms with Gasteiger partial charge in [-0.15, -0.1) is 11.3 Å². The lowest BCUT2D eigenvalue weighted by Gasteiger charge is -2.15. The molecule has 2 heterocycles. The van der Waals surface area contributed by atoms with Crippen LogP contribution >= 0.6 is 11.3 Å². The predicted molar refractivity (Wildman–Crippen MR) is 82.0 cm³/mol. The van der Waals surface area contributed by atoms with Crippen LogP contribution in [0.2, 0.25) is 0 Å². The number of hydrogen-bond donors (Lipinski definition) is 0. The number of hydrogen-bond acceptors (Lipinski definition) is 4. The van der Waals surface area contributed by atoms with Crippen LogP contribution in [0.1, 0.15) is 16.1 Å². The van der Waals surface area contributed by atoms with Crippen LogP contribution in [-0.4, -0.2) is 23.0 Å². The quantitative estimate of drug-likeness (QED) is 0.735. The molecule has 0 aliphatic carbocycles. The lowest BCUT2D eigenvalue weighted by atomic mass is 10.2. The largest absolute Gasteiger partial charge is 0.355 e. The summed E-state index contributed by atoms with van der Waals surface area (Å²) in [5, 5.41) is 5.76. The van der Waals surface area contributed by atoms with Gasteiger partial charge in [-0.1, -0.05) is 23.4 Å². The summed E-state index contributed by atoms with van der Waals surface area (Å²) >= 11 is 1.52. The molecule has 0 fully saturated rings. The minimum Gasteiger partial charge on any atom is -0.355 e. The molecule has 3 rings (SSSR count). The van der Waals surface area contributed by atoms with Gasteiger partial charge in [0.25, 0.3) is 5.91 Å². The highest BCUT2D eigenvalue weighted by Gasteiger charge is 2.18. The van der Waals surface area contributed by atoms with E-state index in [-0.39, 0.29) is 17.4 Å². The van der Waals surface area contributed by atoms with Gasteiger partial charge in [-0.3, -0.25) is 4.79 Å². The molecule has 0 atom stereocenters. The molecule has 0 saturated carbocycles. The van der Waals surface area contributed by atoms with Crippen molar-refractivity contribution in [2.24, 2.45) is 0 Å². The Labute approximate surface area is 130 Å². The molecule has 1 aromatic carbocycles. The number of carbonyl (C=O) groups is 1. The van der Waals surface area contributed by atoms with E-state index in [1.807, 2.05) is 17.5 Å². The summed E-state index contributed by atoms with van der Waals surface area (Å²) < 4.78 is 18.1. The Morgan fingerprint density at radius 3 is 2.77 bits per heavy atom. The Hall–Kier alpha value is -2.47. The van der Waals surface area contributed by atoms with Crippen LogP contribution in [0, 0.1) is 5.82 Å². The Bertz CT molecular complexity index is 766. The molecule has 0 aliphatic rings. The highest BCUT2D eigenvalue weighted by Crippen LogP contribution is 2.25. The van der Waals surface area contributed by atoms with Crippen molar-refractivity contribution in [3.05, 3.63) is 64.9 Å². The molecule has 0 aliphatic heterocycles. The summed E-state index contributed by atoms with van der Waals surface area (Å²) in [5.74, 6) is 0.0410. The van der Waals surface area contributed by atoms with Gasteiger partial charge < -0.3 is 9.42 Å². The van der Waals surface area contributed by atoms with E-state index in [9.17, 15) is 9.18 Å². The highest BCUT2D eigenvalue weighted by atomic mass is 32.1. The van der Waals surface area contributed by atoms with E-state index in [2.05, 4.69) is 5.16 Å². The van der Waals surface area contributed by atoms with E-state index in [1.54, 1.807) is 25.2 Å². The lowest BCUT2D eigenvalue weighted by molar-refractivity contribution is 0.0775.